The minimum Gasteiger partial charge on any atom is -0.497 e. The number of nitrogens with zero attached hydrogens (tertiary/aromatic N) is 2. The summed E-state index contributed by atoms with van der Waals surface area (Å²) in [4.78, 5) is 7.68. The van der Waals surface area contributed by atoms with Crippen molar-refractivity contribution in [3.63, 3.8) is 0 Å². The molecule has 0 saturated carbocycles. The topological polar surface area (TPSA) is 80.9 Å². The van der Waals surface area contributed by atoms with Gasteiger partial charge in [0.2, 0.25) is 0 Å². The number of nitrogens with two attached hydrogens (primary N) is 1. The lowest BCUT2D eigenvalue weighted by Gasteiger charge is -2.06. The summed E-state index contributed by atoms with van der Waals surface area (Å²) in [5.41, 5.74) is 10.1. The first-order valence-electron chi connectivity index (χ1n) is 8.48. The van der Waals surface area contributed by atoms with Crippen molar-refractivity contribution < 1.29 is 4.74 Å². The predicted molar refractivity (Wildman–Crippen MR) is 110 cm³/mol. The van der Waals surface area contributed by atoms with Crippen molar-refractivity contribution in [2.24, 2.45) is 5.73 Å². The van der Waals surface area contributed by atoms with Crippen LogP contribution in [0.15, 0.2) is 61.1 Å². The van der Waals surface area contributed by atoms with E-state index in [2.05, 4.69) is 15.3 Å². The van der Waals surface area contributed by atoms with Gasteiger partial charge in [-0.1, -0.05) is 6.07 Å². The van der Waals surface area contributed by atoms with E-state index in [4.69, 9.17) is 22.2 Å². The molecule has 7 heteroatoms. The molecule has 0 saturated heterocycles. The molecule has 0 amide bonds. The Morgan fingerprint density at radius 2 is 2.04 bits per heavy atom. The number of benzene rings is 1. The van der Waals surface area contributed by atoms with Gasteiger partial charge in [0.25, 0.3) is 0 Å². The fraction of sp³-hybridized carbons (Fsp3) is 0.150. The molecular weight excluding hydrogens is 362 g/mol. The number of nitrogens with one attached hydrogen (secondary N) is 2. The van der Waals surface area contributed by atoms with E-state index in [-0.39, 0.29) is 0 Å². The van der Waals surface area contributed by atoms with Crippen LogP contribution in [0.25, 0.3) is 11.3 Å². The molecule has 2 heterocycles. The number of aryl methyl sites for hydroxylation is 1. The number of H-pyrrole nitrogens is 1. The fourth-order valence-corrected chi connectivity index (χ4v) is 3.02. The molecule has 3 rings (SSSR count). The van der Waals surface area contributed by atoms with Crippen molar-refractivity contribution in [3.8, 4) is 17.0 Å². The van der Waals surface area contributed by atoms with E-state index in [1.165, 1.54) is 4.09 Å². The largest absolute Gasteiger partial charge is 0.497 e. The highest BCUT2D eigenvalue weighted by atomic mass is 35.5. The molecule has 6 nitrogen and oxygen atoms in total. The van der Waals surface area contributed by atoms with Crippen molar-refractivity contribution in [1.29, 1.82) is 0 Å². The second-order valence-corrected chi connectivity index (χ2v) is 6.31. The maximum atomic E-state index is 6.53. The molecule has 0 bridgehead atoms. The Hall–Kier alpha value is -2.96. The molecule has 0 aliphatic rings. The van der Waals surface area contributed by atoms with Crippen molar-refractivity contribution in [2.45, 2.75) is 13.5 Å². The van der Waals surface area contributed by atoms with Crippen molar-refractivity contribution in [2.75, 3.05) is 12.4 Å². The third-order valence-corrected chi connectivity index (χ3v) is 4.33. The van der Waals surface area contributed by atoms with Crippen LogP contribution in [0.5, 0.6) is 5.75 Å². The molecule has 1 aromatic carbocycles. The summed E-state index contributed by atoms with van der Waals surface area (Å²) in [7, 11) is 1.65. The highest BCUT2D eigenvalue weighted by molar-refractivity contribution is 6.17. The monoisotopic (exact) mass is 383 g/mol. The van der Waals surface area contributed by atoms with Crippen LogP contribution < -0.4 is 15.8 Å². The van der Waals surface area contributed by atoms with Gasteiger partial charge in [0.15, 0.2) is 0 Å². The highest BCUT2D eigenvalue weighted by Gasteiger charge is 2.09. The van der Waals surface area contributed by atoms with Crippen LogP contribution in [-0.4, -0.2) is 21.2 Å². The summed E-state index contributed by atoms with van der Waals surface area (Å²) in [5.74, 6) is 1.65. The molecule has 0 radical (unpaired) electrons. The molecular formula is C20H22ClN5O. The number of methoxy groups -OCH3 is 1. The molecule has 4 N–H and O–H groups in total. The number of aromatic amines is 1. The Balaban J connectivity index is 1.96. The number of hydrogen-bond donors (Lipinski definition) is 3. The van der Waals surface area contributed by atoms with E-state index < -0.39 is 0 Å². The SMILES string of the molecule is COc1ccc(Nc2cc(-c3c(C)ncccc(CN)cn3Cl)c[nH]2)cc1. The van der Waals surface area contributed by atoms with E-state index in [9.17, 15) is 0 Å². The Kier molecular flexibility index (Phi) is 6.01. The summed E-state index contributed by atoms with van der Waals surface area (Å²) >= 11 is 6.53. The van der Waals surface area contributed by atoms with Crippen molar-refractivity contribution >= 4 is 23.3 Å². The third kappa shape index (κ3) is 4.61. The van der Waals surface area contributed by atoms with Gasteiger partial charge in [-0.3, -0.25) is 9.07 Å². The minimum atomic E-state index is 0.386. The van der Waals surface area contributed by atoms with E-state index in [1.807, 2.05) is 55.6 Å². The van der Waals surface area contributed by atoms with E-state index in [0.29, 0.717) is 6.54 Å². The van der Waals surface area contributed by atoms with Gasteiger partial charge in [-0.15, -0.1) is 0 Å². The first-order valence-corrected chi connectivity index (χ1v) is 8.81. The van der Waals surface area contributed by atoms with Crippen molar-refractivity contribution in [1.82, 2.24) is 14.1 Å². The second-order valence-electron chi connectivity index (χ2n) is 5.95. The maximum absolute atomic E-state index is 6.53. The molecule has 2 aromatic heterocycles. The predicted octanol–water partition coefficient (Wildman–Crippen LogP) is 4.52. The van der Waals surface area contributed by atoms with Gasteiger partial charge in [-0.2, -0.15) is 0 Å². The molecule has 3 aromatic rings. The number of anilines is 2. The van der Waals surface area contributed by atoms with Gasteiger partial charge >= 0.3 is 0 Å². The number of halogens is 1. The van der Waals surface area contributed by atoms with Crippen molar-refractivity contribution in [3.05, 3.63) is 72.3 Å². The molecule has 27 heavy (non-hydrogen) atoms. The van der Waals surface area contributed by atoms with Gasteiger partial charge in [-0.05, 0) is 48.9 Å². The Morgan fingerprint density at radius 3 is 2.74 bits per heavy atom. The smallest absolute Gasteiger partial charge is 0.119 e. The van der Waals surface area contributed by atoms with Crippen LogP contribution in [-0.2, 0) is 6.54 Å². The quantitative estimate of drug-likeness (QED) is 0.604. The Bertz CT molecular complexity index is 961. The summed E-state index contributed by atoms with van der Waals surface area (Å²) in [6, 6.07) is 13.4. The summed E-state index contributed by atoms with van der Waals surface area (Å²) < 4.78 is 6.71. The molecule has 0 atom stereocenters. The summed E-state index contributed by atoms with van der Waals surface area (Å²) in [6.07, 6.45) is 5.42. The average molecular weight is 384 g/mol. The average Bonchev–Trinajstić information content (AvgIpc) is 3.14. The van der Waals surface area contributed by atoms with Crippen LogP contribution in [0.4, 0.5) is 11.5 Å². The van der Waals surface area contributed by atoms with Crippen LogP contribution in [0.2, 0.25) is 0 Å². The highest BCUT2D eigenvalue weighted by Crippen LogP contribution is 2.27. The first-order chi connectivity index (χ1) is 13.1. The fourth-order valence-electron chi connectivity index (χ4n) is 2.68. The normalized spacial score (nSPS) is 10.4. The second kappa shape index (κ2) is 8.62. The van der Waals surface area contributed by atoms with Gasteiger partial charge in [0, 0.05) is 48.2 Å². The number of aromatic nitrogens is 3. The van der Waals surface area contributed by atoms with Gasteiger partial charge < -0.3 is 20.8 Å². The molecule has 0 aliphatic heterocycles. The molecule has 0 fully saturated rings. The molecule has 140 valence electrons. The molecule has 0 spiro atoms. The molecule has 0 aliphatic carbocycles. The third-order valence-electron chi connectivity index (χ3n) is 4.06. The van der Waals surface area contributed by atoms with Crippen LogP contribution in [0, 0.1) is 6.92 Å². The Labute approximate surface area is 163 Å². The number of hydrogen-bond acceptors (Lipinski definition) is 4. The Morgan fingerprint density at radius 1 is 1.26 bits per heavy atom. The number of ether oxygens (including phenoxy) is 1. The first kappa shape index (κ1) is 18.8. The zero-order valence-electron chi connectivity index (χ0n) is 15.2. The van der Waals surface area contributed by atoms with Crippen LogP contribution in [0.3, 0.4) is 0 Å². The van der Waals surface area contributed by atoms with Crippen LogP contribution in [0.1, 0.15) is 11.3 Å². The van der Waals surface area contributed by atoms with E-state index in [1.54, 1.807) is 19.5 Å². The van der Waals surface area contributed by atoms with Gasteiger partial charge in [-0.25, -0.2) is 0 Å². The zero-order chi connectivity index (χ0) is 19.2. The summed E-state index contributed by atoms with van der Waals surface area (Å²) in [6.45, 7) is 2.30. The molecule has 0 unspecified atom stereocenters. The van der Waals surface area contributed by atoms with Gasteiger partial charge in [0.05, 0.1) is 18.5 Å². The lowest BCUT2D eigenvalue weighted by atomic mass is 10.2. The van der Waals surface area contributed by atoms with E-state index in [0.717, 1.165) is 39.8 Å². The summed E-state index contributed by atoms with van der Waals surface area (Å²) in [5, 5.41) is 3.32. The lowest BCUT2D eigenvalue weighted by molar-refractivity contribution is 0.415. The van der Waals surface area contributed by atoms with Crippen LogP contribution >= 0.6 is 11.8 Å². The zero-order valence-corrected chi connectivity index (χ0v) is 16.0. The number of rotatable bonds is 5. The minimum absolute atomic E-state index is 0.386. The maximum Gasteiger partial charge on any atom is 0.119 e. The lowest BCUT2D eigenvalue weighted by Crippen LogP contribution is -1.98. The standard InChI is InChI=1S/C20H22ClN5O/c1-14-20(26(21)13-15(11-22)4-3-9-23-14)16-10-19(24-12-16)25-17-5-7-18(27-2)8-6-17/h3-10,12-13,24-25H,11,22H2,1-2H3. The van der Waals surface area contributed by atoms with Gasteiger partial charge in [0.1, 0.15) is 11.6 Å². The van der Waals surface area contributed by atoms with E-state index >= 15 is 0 Å².